The molecule has 24 heavy (non-hydrogen) atoms. The van der Waals surface area contributed by atoms with Crippen molar-refractivity contribution in [1.29, 1.82) is 0 Å². The highest BCUT2D eigenvalue weighted by Crippen LogP contribution is 2.20. The minimum absolute atomic E-state index is 0.0505. The zero-order valence-electron chi connectivity index (χ0n) is 13.4. The molecule has 122 valence electrons. The van der Waals surface area contributed by atoms with E-state index in [9.17, 15) is 4.79 Å². The van der Waals surface area contributed by atoms with Crippen molar-refractivity contribution in [2.75, 3.05) is 5.32 Å². The lowest BCUT2D eigenvalue weighted by Crippen LogP contribution is -2.36. The molecule has 4 rings (SSSR count). The highest BCUT2D eigenvalue weighted by Gasteiger charge is 2.18. The van der Waals surface area contributed by atoms with Crippen molar-refractivity contribution >= 4 is 22.5 Å². The number of fused-ring (bicyclic) bond motifs is 2. The smallest absolute Gasteiger partial charge is 0.224 e. The van der Waals surface area contributed by atoms with E-state index in [0.717, 1.165) is 36.0 Å². The minimum Gasteiger partial charge on any atom is -0.326 e. The van der Waals surface area contributed by atoms with Gasteiger partial charge in [-0.25, -0.2) is 0 Å². The number of aromatic nitrogens is 2. The summed E-state index contributed by atoms with van der Waals surface area (Å²) in [6.07, 6.45) is 4.12. The predicted molar refractivity (Wildman–Crippen MR) is 94.7 cm³/mol. The molecule has 1 unspecified atom stereocenters. The topological polar surface area (TPSA) is 69.8 Å². The van der Waals surface area contributed by atoms with Gasteiger partial charge in [-0.05, 0) is 42.2 Å². The van der Waals surface area contributed by atoms with Crippen LogP contribution in [0.5, 0.6) is 0 Å². The third-order valence-corrected chi connectivity index (χ3v) is 4.61. The summed E-state index contributed by atoms with van der Waals surface area (Å²) in [5.41, 5.74) is 4.49. The summed E-state index contributed by atoms with van der Waals surface area (Å²) < 4.78 is 0. The number of carbonyl (C=O) groups is 1. The molecule has 1 aliphatic heterocycles. The maximum absolute atomic E-state index is 12.2. The van der Waals surface area contributed by atoms with E-state index in [2.05, 4.69) is 45.1 Å². The lowest BCUT2D eigenvalue weighted by atomic mass is 9.93. The molecule has 0 aliphatic carbocycles. The average molecular weight is 320 g/mol. The Labute approximate surface area is 140 Å². The Kier molecular flexibility index (Phi) is 4.01. The van der Waals surface area contributed by atoms with Crippen molar-refractivity contribution in [2.45, 2.75) is 31.8 Å². The zero-order chi connectivity index (χ0) is 16.4. The van der Waals surface area contributed by atoms with Crippen molar-refractivity contribution in [3.63, 3.8) is 0 Å². The maximum atomic E-state index is 12.2. The molecule has 1 amide bonds. The van der Waals surface area contributed by atoms with Crippen LogP contribution in [-0.4, -0.2) is 22.1 Å². The van der Waals surface area contributed by atoms with Crippen LogP contribution < -0.4 is 10.6 Å². The summed E-state index contributed by atoms with van der Waals surface area (Å²) in [6, 6.07) is 14.6. The molecule has 0 saturated heterocycles. The Hall–Kier alpha value is -2.66. The number of H-pyrrole nitrogens is 1. The fraction of sp³-hybridized carbons (Fsp3) is 0.263. The molecule has 2 heterocycles. The molecule has 5 nitrogen and oxygen atoms in total. The number of amides is 1. The van der Waals surface area contributed by atoms with Crippen molar-refractivity contribution < 1.29 is 4.79 Å². The first-order valence-corrected chi connectivity index (χ1v) is 8.31. The van der Waals surface area contributed by atoms with E-state index in [-0.39, 0.29) is 5.91 Å². The lowest BCUT2D eigenvalue weighted by Gasteiger charge is -2.26. The second kappa shape index (κ2) is 6.45. The first kappa shape index (κ1) is 14.9. The number of nitrogens with zero attached hydrogens (tertiary/aromatic N) is 1. The standard InChI is InChI=1S/C19H20N4O/c24-19(22-17-6-5-15-12-21-23-18(15)10-17)8-7-16-9-13-3-1-2-4-14(13)11-20-16/h1-6,10,12,16,20H,7-9,11H2,(H,21,23)(H,22,24). The largest absolute Gasteiger partial charge is 0.326 e. The lowest BCUT2D eigenvalue weighted by molar-refractivity contribution is -0.116. The molecule has 1 atom stereocenters. The van der Waals surface area contributed by atoms with Gasteiger partial charge >= 0.3 is 0 Å². The molecule has 1 aromatic heterocycles. The van der Waals surface area contributed by atoms with Crippen LogP contribution >= 0.6 is 0 Å². The van der Waals surface area contributed by atoms with E-state index in [0.29, 0.717) is 12.5 Å². The Bertz CT molecular complexity index is 870. The molecule has 0 bridgehead atoms. The van der Waals surface area contributed by atoms with E-state index in [1.165, 1.54) is 11.1 Å². The molecule has 1 aliphatic rings. The summed E-state index contributed by atoms with van der Waals surface area (Å²) in [6.45, 7) is 0.888. The summed E-state index contributed by atoms with van der Waals surface area (Å²) >= 11 is 0. The van der Waals surface area contributed by atoms with Gasteiger partial charge in [0.15, 0.2) is 0 Å². The van der Waals surface area contributed by atoms with Crippen molar-refractivity contribution in [1.82, 2.24) is 15.5 Å². The number of rotatable bonds is 4. The number of anilines is 1. The Morgan fingerprint density at radius 2 is 2.08 bits per heavy atom. The minimum atomic E-state index is 0.0505. The van der Waals surface area contributed by atoms with Gasteiger partial charge in [-0.3, -0.25) is 9.89 Å². The predicted octanol–water partition coefficient (Wildman–Crippen LogP) is 3.00. The number of aromatic amines is 1. The zero-order valence-corrected chi connectivity index (χ0v) is 13.4. The van der Waals surface area contributed by atoms with E-state index in [4.69, 9.17) is 0 Å². The third kappa shape index (κ3) is 3.16. The van der Waals surface area contributed by atoms with Gasteiger partial charge in [0, 0.05) is 30.1 Å². The van der Waals surface area contributed by atoms with E-state index in [1.807, 2.05) is 18.2 Å². The summed E-state index contributed by atoms with van der Waals surface area (Å²) in [5.74, 6) is 0.0505. The van der Waals surface area contributed by atoms with Gasteiger partial charge in [0.1, 0.15) is 0 Å². The molecule has 3 aromatic rings. The van der Waals surface area contributed by atoms with Crippen LogP contribution in [0.25, 0.3) is 10.9 Å². The quantitative estimate of drug-likeness (QED) is 0.692. The van der Waals surface area contributed by atoms with Gasteiger partial charge in [0.05, 0.1) is 11.7 Å². The SMILES string of the molecule is O=C(CCC1Cc2ccccc2CN1)Nc1ccc2cn[nH]c2c1. The van der Waals surface area contributed by atoms with Gasteiger partial charge < -0.3 is 10.6 Å². The molecule has 0 saturated carbocycles. The van der Waals surface area contributed by atoms with Crippen molar-refractivity contribution in [3.05, 3.63) is 59.8 Å². The van der Waals surface area contributed by atoms with Crippen LogP contribution in [0.15, 0.2) is 48.7 Å². The molecule has 0 radical (unpaired) electrons. The highest BCUT2D eigenvalue weighted by atomic mass is 16.1. The summed E-state index contributed by atoms with van der Waals surface area (Å²) in [7, 11) is 0. The monoisotopic (exact) mass is 320 g/mol. The number of nitrogens with one attached hydrogen (secondary N) is 3. The van der Waals surface area contributed by atoms with Crippen LogP contribution in [0.1, 0.15) is 24.0 Å². The maximum Gasteiger partial charge on any atom is 0.224 e. The first-order valence-electron chi connectivity index (χ1n) is 8.31. The average Bonchev–Trinajstić information content (AvgIpc) is 3.07. The highest BCUT2D eigenvalue weighted by molar-refractivity contribution is 5.93. The molecule has 0 spiro atoms. The molecule has 3 N–H and O–H groups in total. The molecule has 2 aromatic carbocycles. The Morgan fingerprint density at radius 1 is 1.21 bits per heavy atom. The van der Waals surface area contributed by atoms with Crippen molar-refractivity contribution in [2.24, 2.45) is 0 Å². The van der Waals surface area contributed by atoms with Crippen molar-refractivity contribution in [3.8, 4) is 0 Å². The fourth-order valence-electron chi connectivity index (χ4n) is 3.27. The number of hydrogen-bond donors (Lipinski definition) is 3. The molecule has 0 fully saturated rings. The van der Waals surface area contributed by atoms with Crippen LogP contribution in [0, 0.1) is 0 Å². The fourth-order valence-corrected chi connectivity index (χ4v) is 3.27. The normalized spacial score (nSPS) is 16.8. The van der Waals surface area contributed by atoms with Crippen LogP contribution in [0.2, 0.25) is 0 Å². The van der Waals surface area contributed by atoms with E-state index in [1.54, 1.807) is 6.20 Å². The Morgan fingerprint density at radius 3 is 3.00 bits per heavy atom. The number of carbonyl (C=O) groups excluding carboxylic acids is 1. The third-order valence-electron chi connectivity index (χ3n) is 4.61. The number of hydrogen-bond acceptors (Lipinski definition) is 3. The van der Waals surface area contributed by atoms with E-state index < -0.39 is 0 Å². The van der Waals surface area contributed by atoms with Gasteiger partial charge in [0.25, 0.3) is 0 Å². The van der Waals surface area contributed by atoms with Crippen LogP contribution in [0.3, 0.4) is 0 Å². The first-order chi connectivity index (χ1) is 11.8. The second-order valence-electron chi connectivity index (χ2n) is 6.31. The van der Waals surface area contributed by atoms with Gasteiger partial charge in [0.2, 0.25) is 5.91 Å². The van der Waals surface area contributed by atoms with Gasteiger partial charge in [-0.1, -0.05) is 24.3 Å². The molecular formula is C19H20N4O. The van der Waals surface area contributed by atoms with Crippen LogP contribution in [-0.2, 0) is 17.8 Å². The van der Waals surface area contributed by atoms with E-state index >= 15 is 0 Å². The summed E-state index contributed by atoms with van der Waals surface area (Å²) in [5, 5.41) is 14.4. The van der Waals surface area contributed by atoms with Gasteiger partial charge in [-0.15, -0.1) is 0 Å². The Balaban J connectivity index is 1.32. The molecular weight excluding hydrogens is 300 g/mol. The van der Waals surface area contributed by atoms with Gasteiger partial charge in [-0.2, -0.15) is 5.10 Å². The second-order valence-corrected chi connectivity index (χ2v) is 6.31. The summed E-state index contributed by atoms with van der Waals surface area (Å²) in [4.78, 5) is 12.2. The molecule has 5 heteroatoms. The van der Waals surface area contributed by atoms with Crippen LogP contribution in [0.4, 0.5) is 5.69 Å². The number of benzene rings is 2.